The largest absolute Gasteiger partial charge is 0.491 e. The van der Waals surface area contributed by atoms with Crippen LogP contribution in [0.15, 0.2) is 53.3 Å². The van der Waals surface area contributed by atoms with Gasteiger partial charge in [-0.1, -0.05) is 78.0 Å². The summed E-state index contributed by atoms with van der Waals surface area (Å²) in [6.45, 7) is 16.1. The molecule has 3 aliphatic carbocycles. The summed E-state index contributed by atoms with van der Waals surface area (Å²) in [5.74, 6) is -3.52. The zero-order chi connectivity index (χ0) is 39.6. The van der Waals surface area contributed by atoms with Gasteiger partial charge >= 0.3 is 11.9 Å². The topological polar surface area (TPSA) is 108 Å². The molecule has 10 nitrogen and oxygen atoms in total. The van der Waals surface area contributed by atoms with Gasteiger partial charge in [0, 0.05) is 11.3 Å². The van der Waals surface area contributed by atoms with E-state index in [1.54, 1.807) is 0 Å². The summed E-state index contributed by atoms with van der Waals surface area (Å²) in [7, 11) is -1.81. The van der Waals surface area contributed by atoms with Crippen molar-refractivity contribution in [2.75, 3.05) is 34.0 Å². The van der Waals surface area contributed by atoms with Crippen molar-refractivity contribution in [2.45, 2.75) is 141 Å². The normalized spacial score (nSPS) is 32.9. The summed E-state index contributed by atoms with van der Waals surface area (Å²) in [5.41, 5.74) is 0.748. The van der Waals surface area contributed by atoms with Crippen molar-refractivity contribution in [1.82, 2.24) is 0 Å². The Morgan fingerprint density at radius 3 is 2.00 bits per heavy atom. The smallest absolute Gasteiger partial charge is 0.367 e. The zero-order valence-corrected chi connectivity index (χ0v) is 36.8. The van der Waals surface area contributed by atoms with Gasteiger partial charge in [-0.2, -0.15) is 0 Å². The third-order valence-corrected chi connectivity index (χ3v) is 23.9. The quantitative estimate of drug-likeness (QED) is 0.0816. The van der Waals surface area contributed by atoms with Gasteiger partial charge in [0.2, 0.25) is 0 Å². The van der Waals surface area contributed by atoms with Crippen molar-refractivity contribution in [3.05, 3.63) is 58.9 Å². The molecule has 0 amide bonds. The molecule has 0 unspecified atom stereocenters. The molecule has 0 aromatic heterocycles. The van der Waals surface area contributed by atoms with Gasteiger partial charge in [0.1, 0.15) is 23.9 Å². The molecule has 3 fully saturated rings. The monoisotopic (exact) mass is 798 g/mol. The number of allylic oxidation sites excluding steroid dienone is 1. The van der Waals surface area contributed by atoms with Crippen LogP contribution in [0.25, 0.3) is 0 Å². The van der Waals surface area contributed by atoms with Crippen LogP contribution >= 0.6 is 0 Å². The minimum atomic E-state index is -2.34. The van der Waals surface area contributed by atoms with E-state index in [1.165, 1.54) is 19.8 Å². The molecular weight excluding hydrogens is 733 g/mol. The van der Waals surface area contributed by atoms with Crippen molar-refractivity contribution >= 4 is 28.6 Å². The molecule has 6 rings (SSSR count). The Morgan fingerprint density at radius 2 is 1.44 bits per heavy atom. The number of rotatable bonds is 18. The number of carbonyl (C=O) groups is 2. The summed E-state index contributed by atoms with van der Waals surface area (Å²) >= 11 is 0. The van der Waals surface area contributed by atoms with E-state index in [-0.39, 0.29) is 25.8 Å². The Hall–Kier alpha value is -2.33. The van der Waals surface area contributed by atoms with E-state index >= 15 is 0 Å². The average molecular weight is 799 g/mol. The van der Waals surface area contributed by atoms with Crippen LogP contribution < -0.4 is 0 Å². The first-order valence-electron chi connectivity index (χ1n) is 21.0. The highest BCUT2D eigenvalue weighted by atomic mass is 28.4. The fourth-order valence-corrected chi connectivity index (χ4v) is 16.9. The third kappa shape index (κ3) is 6.83. The number of methoxy groups -OCH3 is 2. The lowest BCUT2D eigenvalue weighted by molar-refractivity contribution is -0.247. The Bertz CT molecular complexity index is 1570. The number of esters is 2. The molecule has 1 aromatic carbocycles. The lowest BCUT2D eigenvalue weighted by Crippen LogP contribution is -2.72. The van der Waals surface area contributed by atoms with Crippen LogP contribution in [0.5, 0.6) is 0 Å². The average Bonchev–Trinajstić information content (AvgIpc) is 3.98. The predicted octanol–water partition coefficient (Wildman–Crippen LogP) is 8.48. The molecule has 8 atom stereocenters. The molecule has 0 radical (unpaired) electrons. The maximum atomic E-state index is 14.9. The molecule has 2 saturated heterocycles. The van der Waals surface area contributed by atoms with Gasteiger partial charge in [-0.15, -0.1) is 0 Å². The first-order chi connectivity index (χ1) is 26.5. The Labute approximate surface area is 331 Å². The fourth-order valence-electron chi connectivity index (χ4n) is 11.1. The molecule has 1 saturated carbocycles. The van der Waals surface area contributed by atoms with Gasteiger partial charge in [0.25, 0.3) is 5.79 Å². The number of carbonyl (C=O) groups excluding carboxylic acids is 2. The van der Waals surface area contributed by atoms with Crippen molar-refractivity contribution in [2.24, 2.45) is 22.7 Å². The molecule has 5 aliphatic rings. The molecule has 55 heavy (non-hydrogen) atoms. The summed E-state index contributed by atoms with van der Waals surface area (Å²) in [5, 5.41) is 0. The van der Waals surface area contributed by atoms with E-state index in [2.05, 4.69) is 47.6 Å². The fraction of sp³-hybridized carbons (Fsp3) is 0.721. The van der Waals surface area contributed by atoms with Crippen molar-refractivity contribution in [3.8, 4) is 0 Å². The van der Waals surface area contributed by atoms with E-state index in [1.807, 2.05) is 37.3 Å². The molecule has 12 heteroatoms. The summed E-state index contributed by atoms with van der Waals surface area (Å²) in [6.07, 6.45) is 4.18. The van der Waals surface area contributed by atoms with Gasteiger partial charge in [0.15, 0.2) is 16.6 Å². The van der Waals surface area contributed by atoms with Gasteiger partial charge in [0.05, 0.1) is 52.2 Å². The molecule has 1 aromatic rings. The first-order valence-corrected chi connectivity index (χ1v) is 26.0. The summed E-state index contributed by atoms with van der Waals surface area (Å²) < 4.78 is 54.4. The Morgan fingerprint density at radius 1 is 0.818 bits per heavy atom. The Balaban J connectivity index is 1.63. The van der Waals surface area contributed by atoms with E-state index in [9.17, 15) is 9.59 Å². The minimum absolute atomic E-state index is 0.0948. The second-order valence-electron chi connectivity index (χ2n) is 16.5. The van der Waals surface area contributed by atoms with Crippen LogP contribution in [0.1, 0.15) is 79.7 Å². The number of hydrogen-bond acceptors (Lipinski definition) is 10. The maximum Gasteiger partial charge on any atom is 0.367 e. The predicted molar refractivity (Wildman–Crippen MR) is 215 cm³/mol. The standard InChI is InChI=1S/C43H66O10Si2/c1-10-54(11-2,12-3)52-33-25-34(53-55(13-4,14-5)15-6)42(39(44)46-8)28-49-36-35(48-26-31-23-19-20-24-31)30(7)37-41(33,38(36)42)29-51-43(37,40(45)47-9)50-27-32-21-17-16-18-22-32/h16-18,21-23,33-34,36-38H,10-15,19-20,24-29H2,1-9H3/t33-,34+,36-,37-,38+,41+,42-,43-/m0/s1. The highest BCUT2D eigenvalue weighted by molar-refractivity contribution is 6.74. The summed E-state index contributed by atoms with van der Waals surface area (Å²) in [4.78, 5) is 29.5. The van der Waals surface area contributed by atoms with Gasteiger partial charge in [-0.3, -0.25) is 4.79 Å². The van der Waals surface area contributed by atoms with Crippen LogP contribution in [0.4, 0.5) is 0 Å². The van der Waals surface area contributed by atoms with Crippen molar-refractivity contribution in [3.63, 3.8) is 0 Å². The SMILES string of the molecule is CC[Si](CC)(CC)O[C@H]1C[C@@H](O[Si](CC)(CC)CC)[C@@]2(C(=O)OC)CO[C@H]3C(OCC4=CCCC4)=C(C)[C@@H]4[C@@](OCc5ccccc5)(C(=O)OC)OC[C@@]14[C@@H]32. The van der Waals surface area contributed by atoms with E-state index in [0.29, 0.717) is 18.8 Å². The second kappa shape index (κ2) is 16.9. The maximum absolute atomic E-state index is 14.9. The van der Waals surface area contributed by atoms with Crippen LogP contribution in [0.2, 0.25) is 36.3 Å². The highest BCUT2D eigenvalue weighted by Crippen LogP contribution is 2.71. The minimum Gasteiger partial charge on any atom is -0.491 e. The zero-order valence-electron chi connectivity index (χ0n) is 34.8. The van der Waals surface area contributed by atoms with Gasteiger partial charge < -0.3 is 37.3 Å². The van der Waals surface area contributed by atoms with Gasteiger partial charge in [-0.05, 0) is 85.6 Å². The van der Waals surface area contributed by atoms with Crippen LogP contribution in [-0.4, -0.2) is 86.7 Å². The van der Waals surface area contributed by atoms with Crippen LogP contribution in [0.3, 0.4) is 0 Å². The molecule has 2 aliphatic heterocycles. The third-order valence-electron chi connectivity index (χ3n) is 14.6. The highest BCUT2D eigenvalue weighted by Gasteiger charge is 2.82. The molecule has 0 N–H and O–H groups in total. The van der Waals surface area contributed by atoms with E-state index in [4.69, 9.17) is 37.3 Å². The molecule has 0 bridgehead atoms. The molecular formula is C43H66O10Si2. The van der Waals surface area contributed by atoms with Crippen LogP contribution in [-0.2, 0) is 53.5 Å². The Kier molecular flexibility index (Phi) is 13.0. The molecule has 306 valence electrons. The van der Waals surface area contributed by atoms with Gasteiger partial charge in [-0.25, -0.2) is 4.79 Å². The van der Waals surface area contributed by atoms with Crippen molar-refractivity contribution < 1.29 is 46.9 Å². The molecule has 1 spiro atoms. The molecule has 2 heterocycles. The van der Waals surface area contributed by atoms with E-state index < -0.39 is 69.4 Å². The lowest BCUT2D eigenvalue weighted by Gasteiger charge is -2.61. The number of benzene rings is 1. The van der Waals surface area contributed by atoms with E-state index in [0.717, 1.165) is 66.7 Å². The first kappa shape index (κ1) is 42.3. The number of ether oxygens (including phenoxy) is 6. The van der Waals surface area contributed by atoms with Crippen molar-refractivity contribution in [1.29, 1.82) is 0 Å². The second-order valence-corrected chi connectivity index (χ2v) is 26.0. The summed E-state index contributed by atoms with van der Waals surface area (Å²) in [6, 6.07) is 15.3. The number of hydrogen-bond donors (Lipinski definition) is 0. The lowest BCUT2D eigenvalue weighted by atomic mass is 9.45. The van der Waals surface area contributed by atoms with Crippen LogP contribution in [0, 0.1) is 22.7 Å².